The Morgan fingerprint density at radius 2 is 1.80 bits per heavy atom. The molecule has 0 heterocycles. The first-order valence-corrected chi connectivity index (χ1v) is 8.17. The van der Waals surface area contributed by atoms with Gasteiger partial charge in [-0.1, -0.05) is 41.6 Å². The predicted octanol–water partition coefficient (Wildman–Crippen LogP) is 4.06. The van der Waals surface area contributed by atoms with Gasteiger partial charge in [0.1, 0.15) is 5.75 Å². The zero-order chi connectivity index (χ0) is 14.4. The van der Waals surface area contributed by atoms with E-state index in [9.17, 15) is 4.79 Å². The van der Waals surface area contributed by atoms with Crippen molar-refractivity contribution in [1.82, 2.24) is 5.32 Å². The van der Waals surface area contributed by atoms with Crippen LogP contribution in [0.1, 0.15) is 45.4 Å². The van der Waals surface area contributed by atoms with Crippen LogP contribution in [-0.4, -0.2) is 18.1 Å². The average molecular weight is 340 g/mol. The van der Waals surface area contributed by atoms with E-state index < -0.39 is 6.10 Å². The van der Waals surface area contributed by atoms with E-state index in [1.54, 1.807) is 6.92 Å². The van der Waals surface area contributed by atoms with E-state index in [2.05, 4.69) is 21.2 Å². The van der Waals surface area contributed by atoms with Crippen molar-refractivity contribution < 1.29 is 9.53 Å². The lowest BCUT2D eigenvalue weighted by Crippen LogP contribution is -2.42. The summed E-state index contributed by atoms with van der Waals surface area (Å²) in [5.41, 5.74) is 0. The van der Waals surface area contributed by atoms with Gasteiger partial charge in [0.15, 0.2) is 6.10 Å². The molecular weight excluding hydrogens is 318 g/mol. The average Bonchev–Trinajstić information content (AvgIpc) is 2.70. The highest BCUT2D eigenvalue weighted by Gasteiger charge is 2.19. The molecule has 1 amide bonds. The molecule has 0 radical (unpaired) electrons. The highest BCUT2D eigenvalue weighted by Crippen LogP contribution is 2.19. The number of halogens is 1. The zero-order valence-electron chi connectivity index (χ0n) is 11.9. The minimum Gasteiger partial charge on any atom is -0.481 e. The third-order valence-electron chi connectivity index (χ3n) is 3.70. The smallest absolute Gasteiger partial charge is 0.260 e. The van der Waals surface area contributed by atoms with Crippen molar-refractivity contribution in [2.75, 3.05) is 0 Å². The van der Waals surface area contributed by atoms with Crippen molar-refractivity contribution in [3.8, 4) is 5.75 Å². The Hall–Kier alpha value is -1.03. The molecule has 1 aliphatic rings. The SMILES string of the molecule is C[C@H](Oc1ccc(Br)cc1)C(=O)NC1CCCCCC1. The minimum atomic E-state index is -0.459. The van der Waals surface area contributed by atoms with E-state index in [1.807, 2.05) is 24.3 Å². The molecule has 1 fully saturated rings. The maximum Gasteiger partial charge on any atom is 0.260 e. The molecule has 2 rings (SSSR count). The van der Waals surface area contributed by atoms with E-state index in [0.29, 0.717) is 6.04 Å². The zero-order valence-corrected chi connectivity index (χ0v) is 13.5. The summed E-state index contributed by atoms with van der Waals surface area (Å²) in [6.45, 7) is 1.80. The van der Waals surface area contributed by atoms with Crippen LogP contribution in [0.5, 0.6) is 5.75 Å². The molecule has 0 saturated heterocycles. The van der Waals surface area contributed by atoms with E-state index in [1.165, 1.54) is 25.7 Å². The van der Waals surface area contributed by atoms with Crippen molar-refractivity contribution in [3.05, 3.63) is 28.7 Å². The molecule has 1 aromatic rings. The van der Waals surface area contributed by atoms with Crippen LogP contribution in [0.25, 0.3) is 0 Å². The predicted molar refractivity (Wildman–Crippen MR) is 83.9 cm³/mol. The quantitative estimate of drug-likeness (QED) is 0.840. The van der Waals surface area contributed by atoms with Crippen LogP contribution in [0.15, 0.2) is 28.7 Å². The normalized spacial score (nSPS) is 18.1. The number of rotatable bonds is 4. The molecule has 20 heavy (non-hydrogen) atoms. The third-order valence-corrected chi connectivity index (χ3v) is 4.23. The van der Waals surface area contributed by atoms with Gasteiger partial charge in [0.05, 0.1) is 0 Å². The maximum absolute atomic E-state index is 12.1. The summed E-state index contributed by atoms with van der Waals surface area (Å²) in [7, 11) is 0. The Balaban J connectivity index is 1.83. The van der Waals surface area contributed by atoms with Gasteiger partial charge in [-0.05, 0) is 44.0 Å². The second kappa shape index (κ2) is 7.67. The van der Waals surface area contributed by atoms with Crippen LogP contribution in [0.2, 0.25) is 0 Å². The first kappa shape index (κ1) is 15.4. The Kier molecular flexibility index (Phi) is 5.89. The Morgan fingerprint density at radius 3 is 2.40 bits per heavy atom. The fraction of sp³-hybridized carbons (Fsp3) is 0.562. The van der Waals surface area contributed by atoms with Crippen molar-refractivity contribution in [1.29, 1.82) is 0 Å². The molecule has 0 bridgehead atoms. The summed E-state index contributed by atoms with van der Waals surface area (Å²) < 4.78 is 6.67. The fourth-order valence-corrected chi connectivity index (χ4v) is 2.78. The van der Waals surface area contributed by atoms with Gasteiger partial charge in [-0.25, -0.2) is 0 Å². The van der Waals surface area contributed by atoms with Crippen molar-refractivity contribution >= 4 is 21.8 Å². The second-order valence-corrected chi connectivity index (χ2v) is 6.33. The van der Waals surface area contributed by atoms with Gasteiger partial charge >= 0.3 is 0 Å². The number of carbonyl (C=O) groups excluding carboxylic acids is 1. The van der Waals surface area contributed by atoms with Crippen molar-refractivity contribution in [2.24, 2.45) is 0 Å². The minimum absolute atomic E-state index is 0.0141. The molecule has 0 aromatic heterocycles. The number of benzene rings is 1. The third kappa shape index (κ3) is 4.82. The first-order valence-electron chi connectivity index (χ1n) is 7.38. The Morgan fingerprint density at radius 1 is 1.20 bits per heavy atom. The standard InChI is InChI=1S/C16H22BrNO2/c1-12(20-15-10-8-13(17)9-11-15)16(19)18-14-6-4-2-3-5-7-14/h8-12,14H,2-7H2,1H3,(H,18,19)/t12-/m0/s1. The fourth-order valence-electron chi connectivity index (χ4n) is 2.51. The van der Waals surface area contributed by atoms with Gasteiger partial charge in [-0.2, -0.15) is 0 Å². The van der Waals surface area contributed by atoms with E-state index in [-0.39, 0.29) is 5.91 Å². The monoisotopic (exact) mass is 339 g/mol. The Labute approximate surface area is 129 Å². The maximum atomic E-state index is 12.1. The topological polar surface area (TPSA) is 38.3 Å². The van der Waals surface area contributed by atoms with E-state index >= 15 is 0 Å². The highest BCUT2D eigenvalue weighted by atomic mass is 79.9. The van der Waals surface area contributed by atoms with E-state index in [4.69, 9.17) is 4.74 Å². The summed E-state index contributed by atoms with van der Waals surface area (Å²) >= 11 is 3.38. The summed E-state index contributed by atoms with van der Waals surface area (Å²) in [6, 6.07) is 7.86. The van der Waals surface area contributed by atoms with Crippen LogP contribution < -0.4 is 10.1 Å². The molecule has 4 heteroatoms. The van der Waals surface area contributed by atoms with Gasteiger partial charge in [-0.3, -0.25) is 4.79 Å². The van der Waals surface area contributed by atoms with Crippen LogP contribution >= 0.6 is 15.9 Å². The van der Waals surface area contributed by atoms with Gasteiger partial charge in [0.2, 0.25) is 0 Å². The van der Waals surface area contributed by atoms with Crippen LogP contribution in [0, 0.1) is 0 Å². The molecule has 0 aliphatic heterocycles. The largest absolute Gasteiger partial charge is 0.481 e. The van der Waals surface area contributed by atoms with Gasteiger partial charge in [0.25, 0.3) is 5.91 Å². The molecular formula is C16H22BrNO2. The van der Waals surface area contributed by atoms with Gasteiger partial charge in [0, 0.05) is 10.5 Å². The van der Waals surface area contributed by atoms with Crippen molar-refractivity contribution in [2.45, 2.75) is 57.6 Å². The lowest BCUT2D eigenvalue weighted by molar-refractivity contribution is -0.128. The van der Waals surface area contributed by atoms with Crippen LogP contribution in [-0.2, 0) is 4.79 Å². The molecule has 1 saturated carbocycles. The van der Waals surface area contributed by atoms with Crippen LogP contribution in [0.3, 0.4) is 0 Å². The number of amides is 1. The molecule has 110 valence electrons. The molecule has 3 nitrogen and oxygen atoms in total. The Bertz CT molecular complexity index is 425. The summed E-state index contributed by atoms with van der Waals surface area (Å²) in [5.74, 6) is 0.705. The molecule has 1 aromatic carbocycles. The lowest BCUT2D eigenvalue weighted by atomic mass is 10.1. The molecule has 0 unspecified atom stereocenters. The number of hydrogen-bond acceptors (Lipinski definition) is 2. The van der Waals surface area contributed by atoms with Gasteiger partial charge < -0.3 is 10.1 Å². The highest BCUT2D eigenvalue weighted by molar-refractivity contribution is 9.10. The lowest BCUT2D eigenvalue weighted by Gasteiger charge is -2.20. The number of nitrogens with one attached hydrogen (secondary N) is 1. The number of carbonyl (C=O) groups is 1. The second-order valence-electron chi connectivity index (χ2n) is 5.41. The summed E-state index contributed by atoms with van der Waals surface area (Å²) in [4.78, 5) is 12.1. The molecule has 1 N–H and O–H groups in total. The summed E-state index contributed by atoms with van der Waals surface area (Å²) in [5, 5.41) is 3.12. The van der Waals surface area contributed by atoms with E-state index in [0.717, 1.165) is 23.1 Å². The molecule has 1 aliphatic carbocycles. The first-order chi connectivity index (χ1) is 9.65. The summed E-state index contributed by atoms with van der Waals surface area (Å²) in [6.07, 6.45) is 6.74. The number of ether oxygens (including phenoxy) is 1. The number of hydrogen-bond donors (Lipinski definition) is 1. The van der Waals surface area contributed by atoms with Crippen LogP contribution in [0.4, 0.5) is 0 Å². The molecule has 1 atom stereocenters. The van der Waals surface area contributed by atoms with Crippen molar-refractivity contribution in [3.63, 3.8) is 0 Å². The van der Waals surface area contributed by atoms with Gasteiger partial charge in [-0.15, -0.1) is 0 Å². The molecule has 0 spiro atoms.